The Morgan fingerprint density at radius 3 is 2.22 bits per heavy atom. The van der Waals surface area contributed by atoms with Crippen LogP contribution in [0.5, 0.6) is 5.75 Å². The highest BCUT2D eigenvalue weighted by molar-refractivity contribution is 5.94. The predicted octanol–water partition coefficient (Wildman–Crippen LogP) is 3.60. The van der Waals surface area contributed by atoms with E-state index in [0.29, 0.717) is 18.4 Å². The number of para-hydroxylation sites is 1. The Hall–Kier alpha value is -3.30. The van der Waals surface area contributed by atoms with Gasteiger partial charge in [0.15, 0.2) is 0 Å². The maximum absolute atomic E-state index is 14.2. The van der Waals surface area contributed by atoms with Crippen molar-refractivity contribution in [3.05, 3.63) is 29.3 Å². The van der Waals surface area contributed by atoms with Crippen molar-refractivity contribution in [2.24, 2.45) is 5.92 Å². The Morgan fingerprint density at radius 2 is 1.70 bits per heavy atom. The molecule has 0 aliphatic heterocycles. The van der Waals surface area contributed by atoms with E-state index in [2.05, 4.69) is 15.4 Å². The van der Waals surface area contributed by atoms with Crippen molar-refractivity contribution >= 4 is 23.9 Å². The molecular weight excluding hydrogens is 478 g/mol. The van der Waals surface area contributed by atoms with E-state index in [0.717, 1.165) is 0 Å². The Bertz CT molecular complexity index is 958. The van der Waals surface area contributed by atoms with E-state index in [4.69, 9.17) is 4.74 Å². The molecule has 1 rings (SSSR count). The first kappa shape index (κ1) is 31.7. The smallest absolute Gasteiger partial charge is 0.408 e. The number of nitrogens with one attached hydrogen (secondary N) is 2. The number of hydrogen-bond donors (Lipinski definition) is 3. The number of phenolic OH excluding ortho intramolecular Hbond substituents is 1. The van der Waals surface area contributed by atoms with Crippen molar-refractivity contribution in [3.63, 3.8) is 0 Å². The minimum atomic E-state index is -1.28. The van der Waals surface area contributed by atoms with Gasteiger partial charge >= 0.3 is 12.1 Å². The molecular formula is C27H43N3O7. The van der Waals surface area contributed by atoms with Gasteiger partial charge in [-0.3, -0.25) is 14.4 Å². The number of benzene rings is 1. The number of phenols is 1. The molecule has 10 nitrogen and oxygen atoms in total. The van der Waals surface area contributed by atoms with Crippen LogP contribution in [0.15, 0.2) is 18.2 Å². The molecule has 3 N–H and O–H groups in total. The number of carbonyl (C=O) groups is 4. The fourth-order valence-corrected chi connectivity index (χ4v) is 3.72. The van der Waals surface area contributed by atoms with Crippen LogP contribution in [0, 0.1) is 12.8 Å². The highest BCUT2D eigenvalue weighted by atomic mass is 16.6. The maximum atomic E-state index is 14.2. The number of ether oxygens (including phenoxy) is 2. The van der Waals surface area contributed by atoms with E-state index >= 15 is 0 Å². The Balaban J connectivity index is 3.64. The summed E-state index contributed by atoms with van der Waals surface area (Å²) in [4.78, 5) is 53.5. The summed E-state index contributed by atoms with van der Waals surface area (Å²) in [6.07, 6.45) is 0.300. The molecule has 0 aliphatic carbocycles. The molecule has 208 valence electrons. The second kappa shape index (κ2) is 13.9. The van der Waals surface area contributed by atoms with Crippen molar-refractivity contribution < 1.29 is 33.8 Å². The van der Waals surface area contributed by atoms with Crippen molar-refractivity contribution in [2.45, 2.75) is 92.0 Å². The third kappa shape index (κ3) is 8.94. The standard InChI is InChI=1S/C27H43N3O7/c1-10-16(3)21(29-26(35)37-27(6,7)8)25(34)30(18(5)11-2)22(24(33)28-15-20(31)36-9)19-14-12-13-17(4)23(19)32/h12-14,16,18,21-22,32H,10-11,15H2,1-9H3,(H,28,33)(H,29,35). The van der Waals surface area contributed by atoms with Crippen molar-refractivity contribution in [3.8, 4) is 5.75 Å². The zero-order valence-electron chi connectivity index (χ0n) is 23.5. The second-order valence-corrected chi connectivity index (χ2v) is 10.2. The fraction of sp³-hybridized carbons (Fsp3) is 0.630. The number of alkyl carbamates (subject to hydrolysis) is 1. The van der Waals surface area contributed by atoms with Gasteiger partial charge in [0, 0.05) is 11.6 Å². The van der Waals surface area contributed by atoms with Gasteiger partial charge in [-0.25, -0.2) is 4.79 Å². The number of nitrogens with zero attached hydrogens (tertiary/aromatic N) is 1. The van der Waals surface area contributed by atoms with E-state index in [1.807, 2.05) is 20.8 Å². The molecule has 1 aromatic carbocycles. The van der Waals surface area contributed by atoms with Gasteiger partial charge in [0.1, 0.15) is 30.0 Å². The lowest BCUT2D eigenvalue weighted by Crippen LogP contribution is -2.57. The monoisotopic (exact) mass is 521 g/mol. The van der Waals surface area contributed by atoms with Crippen LogP contribution in [-0.4, -0.2) is 65.2 Å². The first-order chi connectivity index (χ1) is 17.2. The van der Waals surface area contributed by atoms with Crippen LogP contribution in [0.3, 0.4) is 0 Å². The van der Waals surface area contributed by atoms with Crippen molar-refractivity contribution in [1.29, 1.82) is 0 Å². The molecule has 4 atom stereocenters. The number of aromatic hydroxyl groups is 1. The summed E-state index contributed by atoms with van der Waals surface area (Å²) in [5, 5.41) is 16.1. The van der Waals surface area contributed by atoms with E-state index in [9.17, 15) is 24.3 Å². The summed E-state index contributed by atoms with van der Waals surface area (Å²) < 4.78 is 10.0. The maximum Gasteiger partial charge on any atom is 0.408 e. The zero-order chi connectivity index (χ0) is 28.5. The quantitative estimate of drug-likeness (QED) is 0.379. The van der Waals surface area contributed by atoms with Gasteiger partial charge in [0.25, 0.3) is 0 Å². The minimum Gasteiger partial charge on any atom is -0.507 e. The summed E-state index contributed by atoms with van der Waals surface area (Å²) in [5.41, 5.74) is -0.0472. The van der Waals surface area contributed by atoms with Gasteiger partial charge in [-0.15, -0.1) is 0 Å². The molecule has 37 heavy (non-hydrogen) atoms. The van der Waals surface area contributed by atoms with Gasteiger partial charge in [-0.1, -0.05) is 45.4 Å². The molecule has 0 aliphatic rings. The SMILES string of the molecule is CCC(C)C(NC(=O)OC(C)(C)C)C(=O)N(C(C)CC)C(C(=O)NCC(=O)OC)c1cccc(C)c1O. The number of carbonyl (C=O) groups excluding carboxylic acids is 4. The van der Waals surface area contributed by atoms with Crippen molar-refractivity contribution in [1.82, 2.24) is 15.5 Å². The highest BCUT2D eigenvalue weighted by Gasteiger charge is 2.41. The molecule has 0 aromatic heterocycles. The van der Waals surface area contributed by atoms with Crippen molar-refractivity contribution in [2.75, 3.05) is 13.7 Å². The average molecular weight is 522 g/mol. The second-order valence-electron chi connectivity index (χ2n) is 10.2. The third-order valence-corrected chi connectivity index (χ3v) is 6.20. The molecule has 0 fully saturated rings. The molecule has 3 amide bonds. The van der Waals surface area contributed by atoms with E-state index in [1.165, 1.54) is 12.0 Å². The molecule has 0 heterocycles. The van der Waals surface area contributed by atoms with Gasteiger partial charge < -0.3 is 30.1 Å². The first-order valence-corrected chi connectivity index (χ1v) is 12.6. The number of esters is 1. The van der Waals surface area contributed by atoms with Crippen LogP contribution in [0.2, 0.25) is 0 Å². The molecule has 0 spiro atoms. The number of amides is 3. The van der Waals surface area contributed by atoms with Crippen LogP contribution < -0.4 is 10.6 Å². The van der Waals surface area contributed by atoms with Crippen LogP contribution in [0.25, 0.3) is 0 Å². The summed E-state index contributed by atoms with van der Waals surface area (Å²) >= 11 is 0. The lowest BCUT2D eigenvalue weighted by atomic mass is 9.93. The van der Waals surface area contributed by atoms with Crippen LogP contribution in [0.1, 0.15) is 78.5 Å². The number of methoxy groups -OCH3 is 1. The molecule has 0 radical (unpaired) electrons. The minimum absolute atomic E-state index is 0.137. The zero-order valence-corrected chi connectivity index (χ0v) is 23.5. The van der Waals surface area contributed by atoms with Crippen LogP contribution in [-0.2, 0) is 23.9 Å². The van der Waals surface area contributed by atoms with Gasteiger partial charge in [-0.2, -0.15) is 0 Å². The molecule has 0 bridgehead atoms. The topological polar surface area (TPSA) is 134 Å². The largest absolute Gasteiger partial charge is 0.507 e. The molecule has 0 saturated carbocycles. The predicted molar refractivity (Wildman–Crippen MR) is 140 cm³/mol. The Labute approximate surface area is 220 Å². The Kier molecular flexibility index (Phi) is 11.9. The molecule has 0 saturated heterocycles. The summed E-state index contributed by atoms with van der Waals surface area (Å²) in [7, 11) is 1.20. The van der Waals surface area contributed by atoms with Gasteiger partial charge in [0.2, 0.25) is 11.8 Å². The molecule has 1 aromatic rings. The van der Waals surface area contributed by atoms with Gasteiger partial charge in [-0.05, 0) is 52.5 Å². The lowest BCUT2D eigenvalue weighted by Gasteiger charge is -2.39. The average Bonchev–Trinajstić information content (AvgIpc) is 2.83. The highest BCUT2D eigenvalue weighted by Crippen LogP contribution is 2.34. The van der Waals surface area contributed by atoms with E-state index < -0.39 is 54.1 Å². The normalized spacial score (nSPS) is 14.5. The van der Waals surface area contributed by atoms with Crippen LogP contribution >= 0.6 is 0 Å². The number of aryl methyl sites for hydroxylation is 1. The van der Waals surface area contributed by atoms with Gasteiger partial charge in [0.05, 0.1) is 7.11 Å². The summed E-state index contributed by atoms with van der Waals surface area (Å²) in [5.74, 6) is -2.27. The first-order valence-electron chi connectivity index (χ1n) is 12.6. The summed E-state index contributed by atoms with van der Waals surface area (Å²) in [6, 6.07) is 2.18. The lowest BCUT2D eigenvalue weighted by molar-refractivity contribution is -0.147. The molecule has 10 heteroatoms. The Morgan fingerprint density at radius 1 is 1.08 bits per heavy atom. The fourth-order valence-electron chi connectivity index (χ4n) is 3.72. The summed E-state index contributed by atoms with van der Waals surface area (Å²) in [6.45, 7) is 13.8. The molecule has 4 unspecified atom stereocenters. The van der Waals surface area contributed by atoms with E-state index in [1.54, 1.807) is 52.8 Å². The van der Waals surface area contributed by atoms with Crippen LogP contribution in [0.4, 0.5) is 4.79 Å². The third-order valence-electron chi connectivity index (χ3n) is 6.20. The number of rotatable bonds is 11. The number of hydrogen-bond acceptors (Lipinski definition) is 7. The van der Waals surface area contributed by atoms with E-state index in [-0.39, 0.29) is 17.2 Å².